The smallest absolute Gasteiger partial charge is 0.319 e. The Labute approximate surface area is 218 Å². The zero-order chi connectivity index (χ0) is 25.7. The number of piperidine rings is 1. The number of rotatable bonds is 7. The molecule has 3 aliphatic heterocycles. The molecule has 0 saturated carbocycles. The molecular weight excluding hydrogens is 474 g/mol. The van der Waals surface area contributed by atoms with Crippen molar-refractivity contribution < 1.29 is 28.8 Å². The number of carbonyl (C=O) groups is 1. The lowest BCUT2D eigenvalue weighted by Gasteiger charge is -2.41. The van der Waals surface area contributed by atoms with Crippen LogP contribution in [0.25, 0.3) is 0 Å². The van der Waals surface area contributed by atoms with Crippen LogP contribution in [0.5, 0.6) is 0 Å². The quantitative estimate of drug-likeness (QED) is 0.521. The molecule has 0 bridgehead atoms. The summed E-state index contributed by atoms with van der Waals surface area (Å²) in [4.78, 5) is 14.4. The van der Waals surface area contributed by atoms with E-state index < -0.39 is 12.1 Å². The Balaban J connectivity index is 1.31. The van der Waals surface area contributed by atoms with Crippen molar-refractivity contribution in [2.45, 2.75) is 57.1 Å². The van der Waals surface area contributed by atoms with Crippen molar-refractivity contribution in [3.63, 3.8) is 0 Å². The monoisotopic (exact) mass is 511 g/mol. The predicted octanol–water partition coefficient (Wildman–Crippen LogP) is 3.70. The SMILES string of the molecule is CCNC(=O)Nc1cccc([C@H]2O[C@@H](CN3CCC4(CC3)OCCO4)C[C@@H](c3ccc(CO)cc3)O2)c1. The van der Waals surface area contributed by atoms with Gasteiger partial charge < -0.3 is 39.6 Å². The second kappa shape index (κ2) is 11.9. The fraction of sp³-hybridized carbons (Fsp3) is 0.536. The number of hydrogen-bond donors (Lipinski definition) is 3. The number of anilines is 1. The molecule has 9 heteroatoms. The molecule has 3 heterocycles. The molecule has 2 aromatic rings. The van der Waals surface area contributed by atoms with Gasteiger partial charge in [-0.1, -0.05) is 36.4 Å². The number of carbonyl (C=O) groups excluding carboxylic acids is 1. The van der Waals surface area contributed by atoms with Crippen molar-refractivity contribution in [3.05, 3.63) is 65.2 Å². The third-order valence-corrected chi connectivity index (χ3v) is 7.26. The summed E-state index contributed by atoms with van der Waals surface area (Å²) in [5.41, 5.74) is 3.45. The van der Waals surface area contributed by atoms with Crippen LogP contribution >= 0.6 is 0 Å². The summed E-state index contributed by atoms with van der Waals surface area (Å²) in [5.74, 6) is -0.399. The lowest BCUT2D eigenvalue weighted by atomic mass is 9.98. The molecule has 5 rings (SSSR count). The highest BCUT2D eigenvalue weighted by atomic mass is 16.7. The Morgan fingerprint density at radius 1 is 1.05 bits per heavy atom. The van der Waals surface area contributed by atoms with E-state index in [0.717, 1.165) is 55.6 Å². The van der Waals surface area contributed by atoms with Gasteiger partial charge in [0.1, 0.15) is 0 Å². The zero-order valence-corrected chi connectivity index (χ0v) is 21.4. The van der Waals surface area contributed by atoms with Gasteiger partial charge in [-0.05, 0) is 30.2 Å². The van der Waals surface area contributed by atoms with Crippen LogP contribution in [0.2, 0.25) is 0 Å². The van der Waals surface area contributed by atoms with E-state index in [1.807, 2.05) is 55.5 Å². The number of nitrogens with one attached hydrogen (secondary N) is 2. The number of benzene rings is 2. The maximum absolute atomic E-state index is 12.0. The van der Waals surface area contributed by atoms with Crippen LogP contribution in [0.3, 0.4) is 0 Å². The van der Waals surface area contributed by atoms with E-state index in [-0.39, 0.29) is 24.8 Å². The van der Waals surface area contributed by atoms with Crippen molar-refractivity contribution in [2.24, 2.45) is 0 Å². The molecule has 0 unspecified atom stereocenters. The summed E-state index contributed by atoms with van der Waals surface area (Å²) in [6.07, 6.45) is 1.67. The standard InChI is InChI=1S/C28H37N3O6/c1-2-29-27(33)30-23-5-3-4-22(16-23)26-36-24(17-25(37-26)21-8-6-20(19-32)7-9-21)18-31-12-10-28(11-13-31)34-14-15-35-28/h3-9,16,24-26,32H,2,10-15,17-19H2,1H3,(H2,29,30,33)/t24-,25+,26+/m1/s1. The van der Waals surface area contributed by atoms with Crippen LogP contribution in [0, 0.1) is 0 Å². The number of nitrogens with zero attached hydrogens (tertiary/aromatic N) is 1. The van der Waals surface area contributed by atoms with Gasteiger partial charge in [0.2, 0.25) is 0 Å². The van der Waals surface area contributed by atoms with Crippen LogP contribution in [0.1, 0.15) is 55.3 Å². The molecule has 200 valence electrons. The summed E-state index contributed by atoms with van der Waals surface area (Å²) in [5, 5.41) is 15.1. The molecule has 3 aliphatic rings. The van der Waals surface area contributed by atoms with Crippen LogP contribution in [-0.4, -0.2) is 67.3 Å². The van der Waals surface area contributed by atoms with Gasteiger partial charge in [0.25, 0.3) is 0 Å². The summed E-state index contributed by atoms with van der Waals surface area (Å²) in [6, 6.07) is 15.2. The Morgan fingerprint density at radius 2 is 1.81 bits per heavy atom. The second-order valence-corrected chi connectivity index (χ2v) is 9.87. The van der Waals surface area contributed by atoms with Crippen LogP contribution < -0.4 is 10.6 Å². The van der Waals surface area contributed by atoms with E-state index in [2.05, 4.69) is 15.5 Å². The predicted molar refractivity (Wildman–Crippen MR) is 138 cm³/mol. The van der Waals surface area contributed by atoms with Gasteiger partial charge in [0, 0.05) is 56.7 Å². The van der Waals surface area contributed by atoms with Gasteiger partial charge >= 0.3 is 6.03 Å². The average molecular weight is 512 g/mol. The van der Waals surface area contributed by atoms with Crippen LogP contribution in [0.4, 0.5) is 10.5 Å². The van der Waals surface area contributed by atoms with Gasteiger partial charge in [-0.3, -0.25) is 0 Å². The normalized spacial score (nSPS) is 25.7. The molecule has 0 aliphatic carbocycles. The summed E-state index contributed by atoms with van der Waals surface area (Å²) < 4.78 is 24.7. The van der Waals surface area contributed by atoms with Gasteiger partial charge in [-0.2, -0.15) is 0 Å². The molecular formula is C28H37N3O6. The third kappa shape index (κ3) is 6.49. The molecule has 9 nitrogen and oxygen atoms in total. The van der Waals surface area contributed by atoms with Gasteiger partial charge in [-0.25, -0.2) is 4.79 Å². The van der Waals surface area contributed by atoms with E-state index in [0.29, 0.717) is 25.4 Å². The molecule has 2 aromatic carbocycles. The minimum Gasteiger partial charge on any atom is -0.392 e. The Morgan fingerprint density at radius 3 is 2.51 bits per heavy atom. The third-order valence-electron chi connectivity index (χ3n) is 7.26. The highest BCUT2D eigenvalue weighted by Crippen LogP contribution is 2.39. The first-order chi connectivity index (χ1) is 18.1. The largest absolute Gasteiger partial charge is 0.392 e. The first-order valence-electron chi connectivity index (χ1n) is 13.2. The van der Waals surface area contributed by atoms with Crippen molar-refractivity contribution >= 4 is 11.7 Å². The summed E-state index contributed by atoms with van der Waals surface area (Å²) >= 11 is 0. The number of likely N-dealkylation sites (tertiary alicyclic amines) is 1. The second-order valence-electron chi connectivity index (χ2n) is 9.87. The molecule has 37 heavy (non-hydrogen) atoms. The maximum atomic E-state index is 12.0. The van der Waals surface area contributed by atoms with Gasteiger partial charge in [0.15, 0.2) is 12.1 Å². The number of urea groups is 1. The fourth-order valence-electron chi connectivity index (χ4n) is 5.28. The lowest BCUT2D eigenvalue weighted by Crippen LogP contribution is -2.48. The maximum Gasteiger partial charge on any atom is 0.319 e. The van der Waals surface area contributed by atoms with E-state index in [9.17, 15) is 9.90 Å². The molecule has 3 saturated heterocycles. The highest BCUT2D eigenvalue weighted by molar-refractivity contribution is 5.89. The number of aliphatic hydroxyl groups excluding tert-OH is 1. The summed E-state index contributed by atoms with van der Waals surface area (Å²) in [7, 11) is 0. The van der Waals surface area contributed by atoms with Crippen LogP contribution in [-0.2, 0) is 25.6 Å². The van der Waals surface area contributed by atoms with Crippen molar-refractivity contribution in [1.82, 2.24) is 10.2 Å². The highest BCUT2D eigenvalue weighted by Gasteiger charge is 2.41. The average Bonchev–Trinajstić information content (AvgIpc) is 3.38. The molecule has 3 N–H and O–H groups in total. The lowest BCUT2D eigenvalue weighted by molar-refractivity contribution is -0.255. The molecule has 3 fully saturated rings. The molecule has 2 amide bonds. The summed E-state index contributed by atoms with van der Waals surface area (Å²) in [6.45, 7) is 6.37. The van der Waals surface area contributed by atoms with E-state index >= 15 is 0 Å². The Kier molecular flexibility index (Phi) is 8.39. The van der Waals surface area contributed by atoms with Crippen molar-refractivity contribution in [1.29, 1.82) is 0 Å². The van der Waals surface area contributed by atoms with E-state index in [1.54, 1.807) is 0 Å². The van der Waals surface area contributed by atoms with Crippen molar-refractivity contribution in [2.75, 3.05) is 44.7 Å². The molecule has 0 aromatic heterocycles. The van der Waals surface area contributed by atoms with Gasteiger partial charge in [-0.15, -0.1) is 0 Å². The van der Waals surface area contributed by atoms with Crippen molar-refractivity contribution in [3.8, 4) is 0 Å². The number of ether oxygens (including phenoxy) is 4. The van der Waals surface area contributed by atoms with E-state index in [1.165, 1.54) is 0 Å². The first-order valence-corrected chi connectivity index (χ1v) is 13.2. The molecule has 0 radical (unpaired) electrons. The molecule has 3 atom stereocenters. The molecule has 1 spiro atoms. The number of hydrogen-bond acceptors (Lipinski definition) is 7. The first kappa shape index (κ1) is 26.1. The minimum absolute atomic E-state index is 0.00937. The zero-order valence-electron chi connectivity index (χ0n) is 21.4. The Bertz CT molecular complexity index is 1030. The number of amides is 2. The van der Waals surface area contributed by atoms with Crippen LogP contribution in [0.15, 0.2) is 48.5 Å². The van der Waals surface area contributed by atoms with E-state index in [4.69, 9.17) is 18.9 Å². The fourth-order valence-corrected chi connectivity index (χ4v) is 5.28. The van der Waals surface area contributed by atoms with Gasteiger partial charge in [0.05, 0.1) is 32.0 Å². The Hall–Kier alpha value is -2.53. The minimum atomic E-state index is -0.574. The topological polar surface area (TPSA) is 102 Å². The number of aliphatic hydroxyl groups is 1.